The van der Waals surface area contributed by atoms with Gasteiger partial charge in [0.25, 0.3) is 5.69 Å². The van der Waals surface area contributed by atoms with Gasteiger partial charge in [-0.3, -0.25) is 10.1 Å². The van der Waals surface area contributed by atoms with Gasteiger partial charge in [-0.25, -0.2) is 13.1 Å². The fraction of sp³-hybridized carbons (Fsp3) is 0.429. The Morgan fingerprint density at radius 1 is 1.19 bits per heavy atom. The molecule has 1 aliphatic rings. The number of hydrogen-bond acceptors (Lipinski definition) is 6. The van der Waals surface area contributed by atoms with Crippen molar-refractivity contribution >= 4 is 38.9 Å². The lowest BCUT2D eigenvalue weighted by atomic mass is 10.0. The average molecular weight is 502 g/mol. The number of nitrogens with one attached hydrogen (secondary N) is 1. The van der Waals surface area contributed by atoms with Gasteiger partial charge in [-0.1, -0.05) is 29.6 Å². The molecule has 1 fully saturated rings. The van der Waals surface area contributed by atoms with Gasteiger partial charge >= 0.3 is 0 Å². The third-order valence-corrected chi connectivity index (χ3v) is 7.26. The zero-order valence-corrected chi connectivity index (χ0v) is 19.9. The van der Waals surface area contributed by atoms with Crippen molar-refractivity contribution in [2.24, 2.45) is 0 Å². The monoisotopic (exact) mass is 501 g/mol. The molecule has 32 heavy (non-hydrogen) atoms. The number of benzene rings is 2. The molecule has 3 rings (SSSR count). The van der Waals surface area contributed by atoms with Crippen LogP contribution in [0, 0.1) is 10.1 Å². The van der Waals surface area contributed by atoms with Crippen molar-refractivity contribution in [1.82, 2.24) is 9.62 Å². The molecular weight excluding hydrogens is 477 g/mol. The molecule has 2 aromatic carbocycles. The van der Waals surface area contributed by atoms with E-state index in [2.05, 4.69) is 16.5 Å². The molecule has 0 amide bonds. The maximum atomic E-state index is 13.0. The van der Waals surface area contributed by atoms with E-state index in [1.165, 1.54) is 36.8 Å². The number of piperidine rings is 1. The van der Waals surface area contributed by atoms with Gasteiger partial charge in [0.2, 0.25) is 10.0 Å². The van der Waals surface area contributed by atoms with Crippen LogP contribution in [-0.2, 0) is 10.0 Å². The number of hydrogen-bond donors (Lipinski definition) is 1. The predicted octanol–water partition coefficient (Wildman–Crippen LogP) is 5.24. The average Bonchev–Trinajstić information content (AvgIpc) is 2.71. The Morgan fingerprint density at radius 2 is 1.91 bits per heavy atom. The van der Waals surface area contributed by atoms with Crippen LogP contribution in [0.2, 0.25) is 10.0 Å². The van der Waals surface area contributed by atoms with E-state index in [4.69, 9.17) is 27.9 Å². The molecule has 0 radical (unpaired) electrons. The first-order valence-corrected chi connectivity index (χ1v) is 12.6. The van der Waals surface area contributed by atoms with Crippen LogP contribution in [-0.4, -0.2) is 43.9 Å². The van der Waals surface area contributed by atoms with E-state index in [1.54, 1.807) is 0 Å². The smallest absolute Gasteiger partial charge is 0.271 e. The largest absolute Gasteiger partial charge is 0.456 e. The maximum absolute atomic E-state index is 13.0. The predicted molar refractivity (Wildman–Crippen MR) is 124 cm³/mol. The topological polar surface area (TPSA) is 102 Å². The zero-order valence-electron chi connectivity index (χ0n) is 17.6. The van der Waals surface area contributed by atoms with Crippen LogP contribution < -0.4 is 9.46 Å². The van der Waals surface area contributed by atoms with Gasteiger partial charge < -0.3 is 9.64 Å². The summed E-state index contributed by atoms with van der Waals surface area (Å²) in [5.74, 6) is 0.151. The van der Waals surface area contributed by atoms with Gasteiger partial charge in [-0.15, -0.1) is 0 Å². The van der Waals surface area contributed by atoms with E-state index in [0.717, 1.165) is 32.0 Å². The SMILES string of the molecule is CC1CCCCN1CCCNS(=O)(=O)c1cc([N+](=O)[O-])ccc1Oc1cc(Cl)cc(Cl)c1. The lowest BCUT2D eigenvalue weighted by Crippen LogP contribution is -2.39. The van der Waals surface area contributed by atoms with Crippen molar-refractivity contribution in [2.45, 2.75) is 43.5 Å². The number of rotatable bonds is 9. The Labute approximate surface area is 197 Å². The van der Waals surface area contributed by atoms with Crippen LogP contribution >= 0.6 is 23.2 Å². The van der Waals surface area contributed by atoms with Gasteiger partial charge in [0, 0.05) is 34.8 Å². The van der Waals surface area contributed by atoms with E-state index in [0.29, 0.717) is 22.5 Å². The number of nitrogens with zero attached hydrogens (tertiary/aromatic N) is 2. The first kappa shape index (κ1) is 24.7. The summed E-state index contributed by atoms with van der Waals surface area (Å²) in [4.78, 5) is 12.6. The zero-order chi connectivity index (χ0) is 23.3. The summed E-state index contributed by atoms with van der Waals surface area (Å²) in [6.45, 7) is 4.18. The van der Waals surface area contributed by atoms with Crippen LogP contribution in [0.15, 0.2) is 41.3 Å². The highest BCUT2D eigenvalue weighted by atomic mass is 35.5. The van der Waals surface area contributed by atoms with Gasteiger partial charge in [0.15, 0.2) is 0 Å². The Balaban J connectivity index is 1.76. The summed E-state index contributed by atoms with van der Waals surface area (Å²) in [6, 6.07) is 8.35. The fourth-order valence-electron chi connectivity index (χ4n) is 3.68. The summed E-state index contributed by atoms with van der Waals surface area (Å²) in [5.41, 5.74) is -0.357. The number of likely N-dealkylation sites (tertiary alicyclic amines) is 1. The molecule has 174 valence electrons. The van der Waals surface area contributed by atoms with E-state index in [9.17, 15) is 18.5 Å². The first-order chi connectivity index (χ1) is 15.2. The molecule has 2 aromatic rings. The molecule has 1 atom stereocenters. The van der Waals surface area contributed by atoms with Crippen LogP contribution in [0.5, 0.6) is 11.5 Å². The summed E-state index contributed by atoms with van der Waals surface area (Å²) in [7, 11) is -4.07. The number of ether oxygens (including phenoxy) is 1. The minimum atomic E-state index is -4.07. The van der Waals surface area contributed by atoms with Crippen LogP contribution in [0.25, 0.3) is 0 Å². The molecule has 0 spiro atoms. The lowest BCUT2D eigenvalue weighted by molar-refractivity contribution is -0.385. The molecule has 1 N–H and O–H groups in total. The van der Waals surface area contributed by atoms with Crippen molar-refractivity contribution in [3.63, 3.8) is 0 Å². The van der Waals surface area contributed by atoms with Crippen molar-refractivity contribution in [3.8, 4) is 11.5 Å². The number of sulfonamides is 1. The van der Waals surface area contributed by atoms with Crippen LogP contribution in [0.4, 0.5) is 5.69 Å². The first-order valence-electron chi connectivity index (χ1n) is 10.3. The number of non-ortho nitro benzene ring substituents is 1. The van der Waals surface area contributed by atoms with Crippen molar-refractivity contribution < 1.29 is 18.1 Å². The number of halogens is 2. The second-order valence-electron chi connectivity index (χ2n) is 7.73. The lowest BCUT2D eigenvalue weighted by Gasteiger charge is -2.33. The van der Waals surface area contributed by atoms with Gasteiger partial charge in [-0.2, -0.15) is 0 Å². The molecule has 0 aromatic heterocycles. The second-order valence-corrected chi connectivity index (χ2v) is 10.3. The van der Waals surface area contributed by atoms with Gasteiger partial charge in [-0.05, 0) is 63.5 Å². The van der Waals surface area contributed by atoms with Crippen molar-refractivity contribution in [1.29, 1.82) is 0 Å². The molecule has 11 heteroatoms. The Hall–Kier alpha value is -1.91. The van der Waals surface area contributed by atoms with Crippen molar-refractivity contribution in [2.75, 3.05) is 19.6 Å². The number of nitro groups is 1. The summed E-state index contributed by atoms with van der Waals surface area (Å²) in [5, 5.41) is 11.8. The standard InChI is InChI=1S/C21H25Cl2N3O5S/c1-15-5-2-3-9-25(15)10-4-8-24-32(29,30)21-14-18(26(27)28)6-7-20(21)31-19-12-16(22)11-17(23)13-19/h6-7,11-15,24H,2-5,8-10H2,1H3. The molecule has 1 heterocycles. The third kappa shape index (κ3) is 6.55. The minimum Gasteiger partial charge on any atom is -0.456 e. The van der Waals surface area contributed by atoms with Gasteiger partial charge in [0.05, 0.1) is 4.92 Å². The van der Waals surface area contributed by atoms with E-state index in [-0.39, 0.29) is 28.6 Å². The molecule has 1 unspecified atom stereocenters. The van der Waals surface area contributed by atoms with E-state index < -0.39 is 14.9 Å². The second kappa shape index (κ2) is 10.8. The molecule has 0 saturated carbocycles. The Bertz CT molecular complexity index is 1060. The third-order valence-electron chi connectivity index (χ3n) is 5.35. The summed E-state index contributed by atoms with van der Waals surface area (Å²) in [6.07, 6.45) is 4.14. The molecular formula is C21H25Cl2N3O5S. The molecule has 0 bridgehead atoms. The highest BCUT2D eigenvalue weighted by Crippen LogP contribution is 2.34. The highest BCUT2D eigenvalue weighted by molar-refractivity contribution is 7.89. The molecule has 1 saturated heterocycles. The molecule has 1 aliphatic heterocycles. The maximum Gasteiger partial charge on any atom is 0.271 e. The van der Waals surface area contributed by atoms with Gasteiger partial charge in [0.1, 0.15) is 16.4 Å². The fourth-order valence-corrected chi connectivity index (χ4v) is 5.40. The Morgan fingerprint density at radius 3 is 2.56 bits per heavy atom. The molecule has 0 aliphatic carbocycles. The quantitative estimate of drug-likeness (QED) is 0.286. The summed E-state index contributed by atoms with van der Waals surface area (Å²) >= 11 is 12.0. The normalized spacial score (nSPS) is 17.3. The van der Waals surface area contributed by atoms with Crippen LogP contribution in [0.1, 0.15) is 32.6 Å². The Kier molecular flexibility index (Phi) is 8.35. The summed E-state index contributed by atoms with van der Waals surface area (Å²) < 4.78 is 34.2. The van der Waals surface area contributed by atoms with E-state index in [1.807, 2.05) is 0 Å². The molecule has 8 nitrogen and oxygen atoms in total. The minimum absolute atomic E-state index is 0.0638. The van der Waals surface area contributed by atoms with E-state index >= 15 is 0 Å². The van der Waals surface area contributed by atoms with Crippen molar-refractivity contribution in [3.05, 3.63) is 56.6 Å². The number of nitro benzene ring substituents is 1. The van der Waals surface area contributed by atoms with Crippen LogP contribution in [0.3, 0.4) is 0 Å². The highest BCUT2D eigenvalue weighted by Gasteiger charge is 2.24.